The average molecular weight is 403 g/mol. The Kier molecular flexibility index (Phi) is 8.45. The number of pyridine rings is 1. The molecule has 0 aliphatic carbocycles. The molecule has 0 aliphatic rings. The molecule has 1 aromatic heterocycles. The van der Waals surface area contributed by atoms with Gasteiger partial charge in [-0.05, 0) is 61.2 Å². The number of aromatic amines is 1. The van der Waals surface area contributed by atoms with Crippen LogP contribution in [0.1, 0.15) is 38.8 Å². The number of H-pyrrole nitrogens is 1. The lowest BCUT2D eigenvalue weighted by Gasteiger charge is -2.29. The van der Waals surface area contributed by atoms with Crippen LogP contribution in [0.3, 0.4) is 0 Å². The zero-order valence-corrected chi connectivity index (χ0v) is 18.7. The monoisotopic (exact) mass is 402 g/mol. The molecule has 0 amide bonds. The third-order valence-corrected chi connectivity index (χ3v) is 5.37. The Bertz CT molecular complexity index is 842. The van der Waals surface area contributed by atoms with Gasteiger partial charge in [-0.2, -0.15) is 0 Å². The molecule has 2 aromatic rings. The summed E-state index contributed by atoms with van der Waals surface area (Å²) in [6, 6.07) is 8.12. The summed E-state index contributed by atoms with van der Waals surface area (Å²) >= 11 is 5.66. The van der Waals surface area contributed by atoms with Gasteiger partial charge in [-0.15, -0.1) is 0 Å². The van der Waals surface area contributed by atoms with Gasteiger partial charge in [0.2, 0.25) is 0 Å². The lowest BCUT2D eigenvalue weighted by Crippen LogP contribution is -2.45. The maximum absolute atomic E-state index is 12.7. The van der Waals surface area contributed by atoms with Gasteiger partial charge >= 0.3 is 0 Å². The van der Waals surface area contributed by atoms with Crippen molar-refractivity contribution in [2.45, 2.75) is 41.2 Å². The van der Waals surface area contributed by atoms with Crippen LogP contribution in [0.2, 0.25) is 0 Å². The van der Waals surface area contributed by atoms with E-state index in [1.165, 1.54) is 0 Å². The van der Waals surface area contributed by atoms with Crippen molar-refractivity contribution in [1.82, 2.24) is 20.1 Å². The number of hydrogen-bond donors (Lipinski definition) is 2. The summed E-state index contributed by atoms with van der Waals surface area (Å²) < 4.78 is 0. The summed E-state index contributed by atoms with van der Waals surface area (Å²) in [7, 11) is 0. The molecule has 0 saturated carbocycles. The van der Waals surface area contributed by atoms with Crippen LogP contribution in [0.25, 0.3) is 10.9 Å². The standard InChI is InChI=1S/C22H34N4OS/c1-6-25(7-2)10-11-26(22(28)23-14-16(3)4)15-19-13-18-9-8-17(5)12-20(18)24-21(19)27/h8-9,12-13,16H,6-7,10-11,14-15H2,1-5H3,(H,23,28)(H,24,27). The zero-order valence-electron chi connectivity index (χ0n) is 17.8. The van der Waals surface area contributed by atoms with Crippen LogP contribution in [-0.2, 0) is 6.54 Å². The highest BCUT2D eigenvalue weighted by Gasteiger charge is 2.15. The van der Waals surface area contributed by atoms with Gasteiger partial charge in [-0.1, -0.05) is 39.8 Å². The molecule has 0 aliphatic heterocycles. The number of aryl methyl sites for hydroxylation is 1. The van der Waals surface area contributed by atoms with E-state index in [1.807, 2.05) is 19.1 Å². The van der Waals surface area contributed by atoms with Crippen LogP contribution in [0.5, 0.6) is 0 Å². The van der Waals surface area contributed by atoms with E-state index in [2.05, 4.69) is 59.9 Å². The van der Waals surface area contributed by atoms with Crippen LogP contribution in [0, 0.1) is 12.8 Å². The normalized spacial score (nSPS) is 11.4. The molecule has 0 spiro atoms. The number of nitrogens with zero attached hydrogens (tertiary/aromatic N) is 2. The third kappa shape index (κ3) is 6.31. The quantitative estimate of drug-likeness (QED) is 0.629. The van der Waals surface area contributed by atoms with E-state index in [1.54, 1.807) is 0 Å². The first-order valence-corrected chi connectivity index (χ1v) is 10.6. The molecule has 2 N–H and O–H groups in total. The Labute approximate surface area is 174 Å². The second kappa shape index (κ2) is 10.6. The van der Waals surface area contributed by atoms with Crippen molar-refractivity contribution < 1.29 is 0 Å². The maximum Gasteiger partial charge on any atom is 0.253 e. The van der Waals surface area contributed by atoms with Gasteiger partial charge in [-0.3, -0.25) is 4.79 Å². The van der Waals surface area contributed by atoms with Crippen molar-refractivity contribution in [3.63, 3.8) is 0 Å². The summed E-state index contributed by atoms with van der Waals surface area (Å²) in [6.45, 7) is 15.7. The molecule has 0 atom stereocenters. The number of thiocarbonyl (C=S) groups is 1. The van der Waals surface area contributed by atoms with E-state index in [4.69, 9.17) is 12.2 Å². The fourth-order valence-corrected chi connectivity index (χ4v) is 3.38. The molecular formula is C22H34N4OS. The number of fused-ring (bicyclic) bond motifs is 1. The third-order valence-electron chi connectivity index (χ3n) is 4.97. The first kappa shape index (κ1) is 22.4. The molecule has 0 radical (unpaired) electrons. The van der Waals surface area contributed by atoms with Crippen LogP contribution in [0.4, 0.5) is 0 Å². The molecule has 5 nitrogen and oxygen atoms in total. The topological polar surface area (TPSA) is 51.4 Å². The smallest absolute Gasteiger partial charge is 0.253 e. The molecule has 1 aromatic carbocycles. The Balaban J connectivity index is 2.23. The van der Waals surface area contributed by atoms with E-state index in [0.29, 0.717) is 17.6 Å². The highest BCUT2D eigenvalue weighted by atomic mass is 32.1. The molecule has 2 rings (SSSR count). The van der Waals surface area contributed by atoms with Crippen molar-refractivity contribution >= 4 is 28.2 Å². The molecule has 6 heteroatoms. The minimum atomic E-state index is -0.0439. The highest BCUT2D eigenvalue weighted by molar-refractivity contribution is 7.80. The van der Waals surface area contributed by atoms with Gasteiger partial charge in [0.15, 0.2) is 5.11 Å². The minimum Gasteiger partial charge on any atom is -0.362 e. The Morgan fingerprint density at radius 3 is 2.54 bits per heavy atom. The van der Waals surface area contributed by atoms with Gasteiger partial charge in [0.25, 0.3) is 5.56 Å². The van der Waals surface area contributed by atoms with Gasteiger partial charge in [0, 0.05) is 30.7 Å². The molecule has 154 valence electrons. The van der Waals surface area contributed by atoms with Crippen molar-refractivity contribution in [1.29, 1.82) is 0 Å². The first-order valence-electron chi connectivity index (χ1n) is 10.2. The lowest BCUT2D eigenvalue weighted by molar-refractivity contribution is 0.263. The molecule has 28 heavy (non-hydrogen) atoms. The maximum atomic E-state index is 12.7. The molecule has 0 saturated heterocycles. The Morgan fingerprint density at radius 2 is 1.89 bits per heavy atom. The lowest BCUT2D eigenvalue weighted by atomic mass is 10.1. The molecule has 0 unspecified atom stereocenters. The number of likely N-dealkylation sites (N-methyl/N-ethyl adjacent to an activating group) is 1. The minimum absolute atomic E-state index is 0.0439. The van der Waals surface area contributed by atoms with Crippen LogP contribution in [0.15, 0.2) is 29.1 Å². The fourth-order valence-electron chi connectivity index (χ4n) is 3.14. The van der Waals surface area contributed by atoms with Gasteiger partial charge in [0.05, 0.1) is 6.54 Å². The predicted octanol–water partition coefficient (Wildman–Crippen LogP) is 3.51. The van der Waals surface area contributed by atoms with Crippen molar-refractivity contribution in [2.24, 2.45) is 5.92 Å². The fraction of sp³-hybridized carbons (Fsp3) is 0.545. The van der Waals surface area contributed by atoms with Gasteiger partial charge in [-0.25, -0.2) is 0 Å². The number of benzene rings is 1. The van der Waals surface area contributed by atoms with Crippen molar-refractivity contribution in [3.05, 3.63) is 45.7 Å². The van der Waals surface area contributed by atoms with Gasteiger partial charge in [0.1, 0.15) is 0 Å². The summed E-state index contributed by atoms with van der Waals surface area (Å²) in [5.74, 6) is 0.509. The van der Waals surface area contributed by atoms with Crippen LogP contribution < -0.4 is 10.9 Å². The molecule has 1 heterocycles. The number of hydrogen-bond acceptors (Lipinski definition) is 3. The van der Waals surface area contributed by atoms with E-state index >= 15 is 0 Å². The summed E-state index contributed by atoms with van der Waals surface area (Å²) in [6.07, 6.45) is 0. The van der Waals surface area contributed by atoms with Gasteiger partial charge < -0.3 is 20.1 Å². The van der Waals surface area contributed by atoms with Crippen molar-refractivity contribution in [3.8, 4) is 0 Å². The number of rotatable bonds is 9. The van der Waals surface area contributed by atoms with Crippen molar-refractivity contribution in [2.75, 3.05) is 32.7 Å². The van der Waals surface area contributed by atoms with E-state index in [0.717, 1.165) is 54.8 Å². The van der Waals surface area contributed by atoms with Crippen LogP contribution in [-0.4, -0.2) is 52.6 Å². The number of aromatic nitrogens is 1. The summed E-state index contributed by atoms with van der Waals surface area (Å²) in [4.78, 5) is 20.2. The summed E-state index contributed by atoms with van der Waals surface area (Å²) in [5.41, 5.74) is 2.71. The second-order valence-electron chi connectivity index (χ2n) is 7.74. The highest BCUT2D eigenvalue weighted by Crippen LogP contribution is 2.14. The first-order chi connectivity index (χ1) is 13.3. The Hall–Kier alpha value is -1.92. The Morgan fingerprint density at radius 1 is 1.18 bits per heavy atom. The van der Waals surface area contributed by atoms with E-state index < -0.39 is 0 Å². The largest absolute Gasteiger partial charge is 0.362 e. The predicted molar refractivity (Wildman–Crippen MR) is 123 cm³/mol. The number of nitrogens with one attached hydrogen (secondary N) is 2. The SMILES string of the molecule is CCN(CC)CCN(Cc1cc2ccc(C)cc2[nH]c1=O)C(=S)NCC(C)C. The average Bonchev–Trinajstić information content (AvgIpc) is 2.66. The summed E-state index contributed by atoms with van der Waals surface area (Å²) in [5, 5.41) is 5.11. The molecular weight excluding hydrogens is 368 g/mol. The molecule has 0 bridgehead atoms. The second-order valence-corrected chi connectivity index (χ2v) is 8.13. The van der Waals surface area contributed by atoms with Crippen LogP contribution >= 0.6 is 12.2 Å². The van der Waals surface area contributed by atoms with E-state index in [9.17, 15) is 4.79 Å². The van der Waals surface area contributed by atoms with E-state index in [-0.39, 0.29) is 5.56 Å². The zero-order chi connectivity index (χ0) is 20.7. The molecule has 0 fully saturated rings.